The third kappa shape index (κ3) is 4.48. The van der Waals surface area contributed by atoms with E-state index in [-0.39, 0.29) is 17.6 Å². The maximum absolute atomic E-state index is 13.2. The van der Waals surface area contributed by atoms with E-state index >= 15 is 0 Å². The number of aromatic nitrogens is 3. The van der Waals surface area contributed by atoms with Gasteiger partial charge in [0.1, 0.15) is 17.8 Å². The lowest BCUT2D eigenvalue weighted by molar-refractivity contribution is -0.416. The molecule has 1 unspecified atom stereocenters. The molecule has 1 aliphatic rings. The van der Waals surface area contributed by atoms with Crippen molar-refractivity contribution in [2.75, 3.05) is 5.32 Å². The summed E-state index contributed by atoms with van der Waals surface area (Å²) in [5.74, 6) is -1.77. The van der Waals surface area contributed by atoms with E-state index in [1.54, 1.807) is 13.0 Å². The Labute approximate surface area is 165 Å². The fraction of sp³-hybridized carbons (Fsp3) is 0.353. The minimum atomic E-state index is -1.45. The first-order valence-corrected chi connectivity index (χ1v) is 8.79. The van der Waals surface area contributed by atoms with E-state index in [0.717, 1.165) is 12.4 Å². The zero-order chi connectivity index (χ0) is 21.2. The smallest absolute Gasteiger partial charge is 0.327 e. The lowest BCUT2D eigenvalue weighted by Crippen LogP contribution is -2.58. The fourth-order valence-electron chi connectivity index (χ4n) is 2.66. The third-order valence-corrected chi connectivity index (χ3v) is 4.20. The summed E-state index contributed by atoms with van der Waals surface area (Å²) in [5, 5.41) is 23.8. The molecule has 154 valence electrons. The molecule has 3 rings (SSSR count). The van der Waals surface area contributed by atoms with Gasteiger partial charge in [-0.3, -0.25) is 25.9 Å². The molecule has 11 nitrogen and oxygen atoms in total. The molecule has 0 spiro atoms. The highest BCUT2D eigenvalue weighted by Crippen LogP contribution is 2.28. The molecule has 5 N–H and O–H groups in total. The second-order valence-electron chi connectivity index (χ2n) is 6.76. The highest BCUT2D eigenvalue weighted by atomic mass is 19.1. The number of allylic oxidation sites excluding steroid dienone is 1. The van der Waals surface area contributed by atoms with Gasteiger partial charge in [0.2, 0.25) is 5.88 Å². The Kier molecular flexibility index (Phi) is 5.46. The molecule has 0 aliphatic carbocycles. The summed E-state index contributed by atoms with van der Waals surface area (Å²) in [5.41, 5.74) is 6.52. The maximum Gasteiger partial charge on any atom is 0.327 e. The van der Waals surface area contributed by atoms with E-state index in [1.807, 2.05) is 13.8 Å². The van der Waals surface area contributed by atoms with Crippen molar-refractivity contribution in [2.24, 2.45) is 10.7 Å². The van der Waals surface area contributed by atoms with E-state index in [2.05, 4.69) is 30.8 Å². The SMILES string of the molecule is CC(C)Oc1cc(NC2=C([N+](=O)[O-])C=NC(N)([C@@H](C)c3ccc(F)cn3)N2)[nH]n1. The van der Waals surface area contributed by atoms with E-state index < -0.39 is 22.4 Å². The normalized spacial score (nSPS) is 19.8. The number of hydrogen-bond donors (Lipinski definition) is 4. The number of aromatic amines is 1. The largest absolute Gasteiger partial charge is 0.474 e. The van der Waals surface area contributed by atoms with E-state index in [9.17, 15) is 14.5 Å². The Morgan fingerprint density at radius 2 is 2.14 bits per heavy atom. The van der Waals surface area contributed by atoms with Gasteiger partial charge in [-0.05, 0) is 26.0 Å². The minimum Gasteiger partial charge on any atom is -0.474 e. The van der Waals surface area contributed by atoms with Gasteiger partial charge in [-0.25, -0.2) is 9.38 Å². The second kappa shape index (κ2) is 7.83. The summed E-state index contributed by atoms with van der Waals surface area (Å²) < 4.78 is 18.6. The number of halogens is 1. The molecule has 12 heteroatoms. The molecular formula is C17H21FN8O3. The number of pyridine rings is 1. The Morgan fingerprint density at radius 3 is 2.76 bits per heavy atom. The molecule has 0 saturated heterocycles. The van der Waals surface area contributed by atoms with Crippen molar-refractivity contribution in [3.05, 3.63) is 57.5 Å². The standard InChI is InChI=1S/C17H21FN8O3/c1-9(2)29-15-6-14(24-25-15)22-16-13(26(27)28)8-21-17(19,23-16)10(3)12-5-4-11(18)7-20-12/h4-10,23H,19H2,1-3H3,(H2,22,24,25)/t10-,17?/m0/s1. The lowest BCUT2D eigenvalue weighted by Gasteiger charge is -2.35. The first-order chi connectivity index (χ1) is 13.7. The molecule has 0 amide bonds. The zero-order valence-electron chi connectivity index (χ0n) is 16.0. The molecule has 1 aliphatic heterocycles. The van der Waals surface area contributed by atoms with Crippen LogP contribution >= 0.6 is 0 Å². The van der Waals surface area contributed by atoms with Gasteiger partial charge in [0.25, 0.3) is 0 Å². The number of nitrogens with one attached hydrogen (secondary N) is 3. The third-order valence-electron chi connectivity index (χ3n) is 4.20. The van der Waals surface area contributed by atoms with Gasteiger partial charge in [-0.2, -0.15) is 0 Å². The Balaban J connectivity index is 1.85. The van der Waals surface area contributed by atoms with Crippen molar-refractivity contribution >= 4 is 12.0 Å². The highest BCUT2D eigenvalue weighted by Gasteiger charge is 2.39. The number of rotatable bonds is 7. The molecule has 0 bridgehead atoms. The monoisotopic (exact) mass is 404 g/mol. The van der Waals surface area contributed by atoms with E-state index in [1.165, 1.54) is 12.1 Å². The molecule has 2 atom stereocenters. The Morgan fingerprint density at radius 1 is 1.38 bits per heavy atom. The van der Waals surface area contributed by atoms with Crippen LogP contribution in [0, 0.1) is 15.9 Å². The average Bonchev–Trinajstić information content (AvgIpc) is 3.07. The van der Waals surface area contributed by atoms with Crippen LogP contribution < -0.4 is 21.1 Å². The van der Waals surface area contributed by atoms with Crippen LogP contribution in [-0.4, -0.2) is 38.2 Å². The van der Waals surface area contributed by atoms with Crippen LogP contribution in [0.4, 0.5) is 10.2 Å². The van der Waals surface area contributed by atoms with Crippen molar-refractivity contribution < 1.29 is 14.1 Å². The number of nitrogens with two attached hydrogens (primary N) is 1. The van der Waals surface area contributed by atoms with E-state index in [4.69, 9.17) is 10.5 Å². The first kappa shape index (κ1) is 20.2. The van der Waals surface area contributed by atoms with Crippen LogP contribution in [0.3, 0.4) is 0 Å². The molecule has 2 aromatic heterocycles. The minimum absolute atomic E-state index is 0.0150. The fourth-order valence-corrected chi connectivity index (χ4v) is 2.66. The van der Waals surface area contributed by atoms with Gasteiger partial charge in [0.15, 0.2) is 11.6 Å². The number of hydrogen-bond acceptors (Lipinski definition) is 9. The molecule has 29 heavy (non-hydrogen) atoms. The first-order valence-electron chi connectivity index (χ1n) is 8.79. The van der Waals surface area contributed by atoms with Crippen LogP contribution in [0.2, 0.25) is 0 Å². The molecule has 0 saturated carbocycles. The van der Waals surface area contributed by atoms with Crippen molar-refractivity contribution in [2.45, 2.75) is 38.6 Å². The van der Waals surface area contributed by atoms with Crippen molar-refractivity contribution in [3.63, 3.8) is 0 Å². The van der Waals surface area contributed by atoms with E-state index in [0.29, 0.717) is 17.4 Å². The predicted octanol–water partition coefficient (Wildman–Crippen LogP) is 1.68. The van der Waals surface area contributed by atoms with Gasteiger partial charge in [-0.15, -0.1) is 5.10 Å². The second-order valence-corrected chi connectivity index (χ2v) is 6.76. The van der Waals surface area contributed by atoms with Gasteiger partial charge >= 0.3 is 5.70 Å². The summed E-state index contributed by atoms with van der Waals surface area (Å²) >= 11 is 0. The molecule has 2 aromatic rings. The number of nitro groups is 1. The topological polar surface area (TPSA) is 156 Å². The maximum atomic E-state index is 13.2. The summed E-state index contributed by atoms with van der Waals surface area (Å²) in [4.78, 5) is 19.0. The summed E-state index contributed by atoms with van der Waals surface area (Å²) in [6, 6.07) is 4.30. The summed E-state index contributed by atoms with van der Waals surface area (Å²) in [6.45, 7) is 5.42. The lowest BCUT2D eigenvalue weighted by atomic mass is 9.98. The zero-order valence-corrected chi connectivity index (χ0v) is 16.0. The average molecular weight is 404 g/mol. The summed E-state index contributed by atoms with van der Waals surface area (Å²) in [6.07, 6.45) is 2.06. The highest BCUT2D eigenvalue weighted by molar-refractivity contribution is 5.79. The van der Waals surface area contributed by atoms with Gasteiger partial charge in [0, 0.05) is 11.8 Å². The quantitative estimate of drug-likeness (QED) is 0.401. The molecular weight excluding hydrogens is 383 g/mol. The van der Waals surface area contributed by atoms with Crippen LogP contribution in [0.15, 0.2) is 40.9 Å². The molecule has 3 heterocycles. The van der Waals surface area contributed by atoms with Crippen molar-refractivity contribution in [1.29, 1.82) is 0 Å². The molecule has 0 radical (unpaired) electrons. The number of aliphatic imine (C=N–C) groups is 1. The van der Waals surface area contributed by atoms with Gasteiger partial charge in [0.05, 0.1) is 23.1 Å². The van der Waals surface area contributed by atoms with Crippen LogP contribution in [0.1, 0.15) is 32.4 Å². The molecule has 0 fully saturated rings. The summed E-state index contributed by atoms with van der Waals surface area (Å²) in [7, 11) is 0. The van der Waals surface area contributed by atoms with Crippen molar-refractivity contribution in [3.8, 4) is 5.88 Å². The van der Waals surface area contributed by atoms with Crippen LogP contribution in [0.25, 0.3) is 0 Å². The Bertz CT molecular complexity index is 956. The van der Waals surface area contributed by atoms with Crippen LogP contribution in [-0.2, 0) is 0 Å². The van der Waals surface area contributed by atoms with Gasteiger partial charge in [-0.1, -0.05) is 6.92 Å². The Hall–Kier alpha value is -3.54. The predicted molar refractivity (Wildman–Crippen MR) is 103 cm³/mol. The van der Waals surface area contributed by atoms with Gasteiger partial charge < -0.3 is 15.4 Å². The number of anilines is 1. The molecule has 0 aromatic carbocycles. The number of nitrogens with zero attached hydrogens (tertiary/aromatic N) is 4. The number of ether oxygens (including phenoxy) is 1. The number of H-pyrrole nitrogens is 1. The van der Waals surface area contributed by atoms with Crippen molar-refractivity contribution in [1.82, 2.24) is 20.5 Å². The van der Waals surface area contributed by atoms with Crippen LogP contribution in [0.5, 0.6) is 5.88 Å².